The van der Waals surface area contributed by atoms with Gasteiger partial charge in [0.05, 0.1) is 18.8 Å². The van der Waals surface area contributed by atoms with E-state index in [-0.39, 0.29) is 23.6 Å². The molecule has 0 aromatic heterocycles. The molecular weight excluding hydrogens is 305 g/mol. The lowest BCUT2D eigenvalue weighted by atomic mass is 9.97. The van der Waals surface area contributed by atoms with Gasteiger partial charge in [-0.2, -0.15) is 0 Å². The first-order valence-corrected chi connectivity index (χ1v) is 8.43. The fraction of sp³-hybridized carbons (Fsp3) is 0.500. The molecule has 1 aliphatic heterocycles. The molecule has 1 aromatic carbocycles. The molecule has 1 aromatic rings. The topological polar surface area (TPSA) is 46.6 Å². The largest absolute Gasteiger partial charge is 0.469 e. The normalized spacial score (nSPS) is 15.6. The van der Waals surface area contributed by atoms with E-state index in [0.717, 1.165) is 5.56 Å². The zero-order valence-corrected chi connectivity index (χ0v) is 13.4. The average Bonchev–Trinajstić information content (AvgIpc) is 2.56. The molecule has 22 heavy (non-hydrogen) atoms. The number of rotatable bonds is 5. The second-order valence-corrected chi connectivity index (χ2v) is 6.28. The van der Waals surface area contributed by atoms with Crippen LogP contribution in [0.15, 0.2) is 24.3 Å². The molecule has 0 radical (unpaired) electrons. The minimum Gasteiger partial charge on any atom is -0.469 e. The van der Waals surface area contributed by atoms with E-state index in [9.17, 15) is 14.0 Å². The van der Waals surface area contributed by atoms with Crippen LogP contribution in [0.2, 0.25) is 0 Å². The molecule has 1 fully saturated rings. The van der Waals surface area contributed by atoms with E-state index in [1.165, 1.54) is 31.0 Å². The Morgan fingerprint density at radius 1 is 1.27 bits per heavy atom. The van der Waals surface area contributed by atoms with Crippen LogP contribution in [0.3, 0.4) is 0 Å². The van der Waals surface area contributed by atoms with Crippen LogP contribution in [0.25, 0.3) is 0 Å². The van der Waals surface area contributed by atoms with E-state index in [1.54, 1.807) is 17.0 Å². The van der Waals surface area contributed by atoms with Crippen molar-refractivity contribution in [2.75, 3.05) is 26.0 Å². The van der Waals surface area contributed by atoms with Crippen LogP contribution in [0.4, 0.5) is 4.39 Å². The SMILES string of the molecule is COC(=O)C1CCN(C(=O)CSCc2ccc(F)cc2)CC1. The van der Waals surface area contributed by atoms with Crippen molar-refractivity contribution in [2.24, 2.45) is 5.92 Å². The van der Waals surface area contributed by atoms with Crippen molar-refractivity contribution in [1.82, 2.24) is 4.90 Å². The van der Waals surface area contributed by atoms with E-state index >= 15 is 0 Å². The minimum absolute atomic E-state index is 0.0825. The number of piperidine rings is 1. The van der Waals surface area contributed by atoms with Crippen LogP contribution in [-0.2, 0) is 20.1 Å². The molecule has 4 nitrogen and oxygen atoms in total. The molecule has 0 N–H and O–H groups in total. The highest BCUT2D eigenvalue weighted by Gasteiger charge is 2.27. The standard InChI is InChI=1S/C16H20FNO3S/c1-21-16(20)13-6-8-18(9-7-13)15(19)11-22-10-12-2-4-14(17)5-3-12/h2-5,13H,6-11H2,1H3. The van der Waals surface area contributed by atoms with E-state index in [1.807, 2.05) is 0 Å². The minimum atomic E-state index is -0.252. The molecule has 0 saturated carbocycles. The maximum Gasteiger partial charge on any atom is 0.308 e. The first-order chi connectivity index (χ1) is 10.6. The fourth-order valence-corrected chi connectivity index (χ4v) is 3.35. The summed E-state index contributed by atoms with van der Waals surface area (Å²) in [6.07, 6.45) is 1.34. The van der Waals surface area contributed by atoms with E-state index in [4.69, 9.17) is 4.74 Å². The van der Waals surface area contributed by atoms with Crippen LogP contribution >= 0.6 is 11.8 Å². The summed E-state index contributed by atoms with van der Waals surface area (Å²) in [7, 11) is 1.39. The number of thioether (sulfide) groups is 1. The second-order valence-electron chi connectivity index (χ2n) is 5.30. The van der Waals surface area contributed by atoms with Crippen LogP contribution in [0, 0.1) is 11.7 Å². The highest BCUT2D eigenvalue weighted by atomic mass is 32.2. The smallest absolute Gasteiger partial charge is 0.308 e. The molecular formula is C16H20FNO3S. The molecule has 1 saturated heterocycles. The number of likely N-dealkylation sites (tertiary alicyclic amines) is 1. The number of nitrogens with zero attached hydrogens (tertiary/aromatic N) is 1. The van der Waals surface area contributed by atoms with Crippen LogP contribution in [-0.4, -0.2) is 42.7 Å². The molecule has 0 spiro atoms. The molecule has 1 amide bonds. The van der Waals surface area contributed by atoms with Crippen molar-refractivity contribution in [3.63, 3.8) is 0 Å². The van der Waals surface area contributed by atoms with Crippen molar-refractivity contribution < 1.29 is 18.7 Å². The fourth-order valence-electron chi connectivity index (χ4n) is 2.46. The summed E-state index contributed by atoms with van der Waals surface area (Å²) in [5, 5.41) is 0. The Balaban J connectivity index is 1.70. The highest BCUT2D eigenvalue weighted by molar-refractivity contribution is 7.99. The van der Waals surface area contributed by atoms with E-state index < -0.39 is 0 Å². The zero-order chi connectivity index (χ0) is 15.9. The van der Waals surface area contributed by atoms with E-state index in [0.29, 0.717) is 37.4 Å². The van der Waals surface area contributed by atoms with Crippen molar-refractivity contribution in [3.05, 3.63) is 35.6 Å². The van der Waals surface area contributed by atoms with Gasteiger partial charge >= 0.3 is 5.97 Å². The zero-order valence-electron chi connectivity index (χ0n) is 12.6. The first-order valence-electron chi connectivity index (χ1n) is 7.28. The number of esters is 1. The third-order valence-electron chi connectivity index (χ3n) is 3.79. The maximum absolute atomic E-state index is 12.8. The number of amides is 1. The van der Waals surface area contributed by atoms with E-state index in [2.05, 4.69) is 0 Å². The van der Waals surface area contributed by atoms with Crippen molar-refractivity contribution >= 4 is 23.6 Å². The number of methoxy groups -OCH3 is 1. The Kier molecular flexibility index (Phi) is 6.24. The van der Waals surface area contributed by atoms with Gasteiger partial charge in [0.25, 0.3) is 0 Å². The lowest BCUT2D eigenvalue weighted by molar-refractivity contribution is -0.148. The predicted octanol–water partition coefficient (Wildman–Crippen LogP) is 2.47. The molecule has 120 valence electrons. The summed E-state index contributed by atoms with van der Waals surface area (Å²) in [6, 6.07) is 6.31. The number of ether oxygens (including phenoxy) is 1. The first kappa shape index (κ1) is 16.8. The van der Waals surface area contributed by atoms with Crippen LogP contribution < -0.4 is 0 Å². The Morgan fingerprint density at radius 2 is 1.91 bits per heavy atom. The summed E-state index contributed by atoms with van der Waals surface area (Å²) >= 11 is 1.52. The number of hydrogen-bond acceptors (Lipinski definition) is 4. The number of benzene rings is 1. The molecule has 1 heterocycles. The number of hydrogen-bond donors (Lipinski definition) is 0. The van der Waals surface area contributed by atoms with Gasteiger partial charge in [-0.05, 0) is 30.5 Å². The lowest BCUT2D eigenvalue weighted by Gasteiger charge is -2.30. The lowest BCUT2D eigenvalue weighted by Crippen LogP contribution is -2.41. The summed E-state index contributed by atoms with van der Waals surface area (Å²) in [5.41, 5.74) is 1.00. The van der Waals surface area contributed by atoms with Crippen molar-refractivity contribution in [1.29, 1.82) is 0 Å². The van der Waals surface area contributed by atoms with Crippen molar-refractivity contribution in [3.8, 4) is 0 Å². The summed E-state index contributed by atoms with van der Waals surface area (Å²) in [5.74, 6) is 0.665. The van der Waals surface area contributed by atoms with Crippen LogP contribution in [0.1, 0.15) is 18.4 Å². The maximum atomic E-state index is 12.8. The van der Waals surface area contributed by atoms with Crippen LogP contribution in [0.5, 0.6) is 0 Å². The third kappa shape index (κ3) is 4.73. The highest BCUT2D eigenvalue weighted by Crippen LogP contribution is 2.20. The van der Waals surface area contributed by atoms with Gasteiger partial charge in [0.15, 0.2) is 0 Å². The predicted molar refractivity (Wildman–Crippen MR) is 83.9 cm³/mol. The number of halogens is 1. The molecule has 0 unspecified atom stereocenters. The van der Waals surface area contributed by atoms with Gasteiger partial charge < -0.3 is 9.64 Å². The molecule has 2 rings (SSSR count). The summed E-state index contributed by atoms with van der Waals surface area (Å²) in [6.45, 7) is 1.21. The van der Waals surface area contributed by atoms with Gasteiger partial charge in [-0.3, -0.25) is 9.59 Å². The Labute approximate surface area is 134 Å². The van der Waals surface area contributed by atoms with Gasteiger partial charge in [0.1, 0.15) is 5.82 Å². The summed E-state index contributed by atoms with van der Waals surface area (Å²) < 4.78 is 17.5. The third-order valence-corrected chi connectivity index (χ3v) is 4.78. The molecule has 0 atom stereocenters. The van der Waals surface area contributed by atoms with Gasteiger partial charge in [0.2, 0.25) is 5.91 Å². The Hall–Kier alpha value is -1.56. The molecule has 0 aliphatic carbocycles. The van der Waals surface area contributed by atoms with Gasteiger partial charge in [0, 0.05) is 18.8 Å². The molecule has 1 aliphatic rings. The number of carbonyl (C=O) groups excluding carboxylic acids is 2. The van der Waals surface area contributed by atoms with Gasteiger partial charge in [-0.1, -0.05) is 12.1 Å². The Bertz CT molecular complexity index is 513. The monoisotopic (exact) mass is 325 g/mol. The van der Waals surface area contributed by atoms with Gasteiger partial charge in [-0.15, -0.1) is 11.8 Å². The van der Waals surface area contributed by atoms with Gasteiger partial charge in [-0.25, -0.2) is 4.39 Å². The quantitative estimate of drug-likeness (QED) is 0.780. The number of carbonyl (C=O) groups is 2. The molecule has 0 bridgehead atoms. The summed E-state index contributed by atoms with van der Waals surface area (Å²) in [4.78, 5) is 25.4. The average molecular weight is 325 g/mol. The second kappa shape index (κ2) is 8.17. The Morgan fingerprint density at radius 3 is 2.50 bits per heavy atom. The molecule has 6 heteroatoms. The van der Waals surface area contributed by atoms with Crippen molar-refractivity contribution in [2.45, 2.75) is 18.6 Å².